The lowest BCUT2D eigenvalue weighted by molar-refractivity contribution is -0.174. The summed E-state index contributed by atoms with van der Waals surface area (Å²) < 4.78 is 35.3. The second-order valence-corrected chi connectivity index (χ2v) is 5.29. The van der Waals surface area contributed by atoms with Crippen LogP contribution in [0.3, 0.4) is 0 Å². The summed E-state index contributed by atoms with van der Waals surface area (Å²) in [5, 5.41) is 0. The first-order valence-corrected chi connectivity index (χ1v) is 8.40. The zero-order valence-electron chi connectivity index (χ0n) is 16.2. The zero-order valence-corrected chi connectivity index (χ0v) is 16.2. The Balaban J connectivity index is 2.59. The van der Waals surface area contributed by atoms with E-state index in [0.717, 1.165) is 0 Å². The van der Waals surface area contributed by atoms with E-state index in [4.69, 9.17) is 0 Å². The third-order valence-electron chi connectivity index (χ3n) is 2.81. The number of hydrogen-bond donors (Lipinski definition) is 0. The Morgan fingerprint density at radius 2 is 0.344 bits per heavy atom. The molecule has 32 heavy (non-hydrogen) atoms. The van der Waals surface area contributed by atoms with Crippen molar-refractivity contribution in [3.8, 4) is 0 Å². The third kappa shape index (κ3) is 12.3. The molecule has 1 rings (SSSR count). The molecule has 0 amide bonds. The van der Waals surface area contributed by atoms with E-state index in [1.807, 2.05) is 0 Å². The van der Waals surface area contributed by atoms with Crippen molar-refractivity contribution in [3.63, 3.8) is 0 Å². The number of cyclic esters (lactones) is 8. The average Bonchev–Trinajstić information content (AvgIpc) is 2.77. The van der Waals surface area contributed by atoms with E-state index >= 15 is 0 Å². The fraction of sp³-hybridized carbons (Fsp3) is 0.500. The summed E-state index contributed by atoms with van der Waals surface area (Å²) >= 11 is 0. The van der Waals surface area contributed by atoms with Gasteiger partial charge in [0.1, 0.15) is 0 Å². The molecule has 1 aliphatic heterocycles. The van der Waals surface area contributed by atoms with Crippen LogP contribution in [0.2, 0.25) is 0 Å². The first-order chi connectivity index (χ1) is 15.2. The number of carbonyl (C=O) groups is 8. The largest absolute Gasteiger partial charge is 0.451 e. The molecule has 0 saturated carbocycles. The molecule has 16 heteroatoms. The highest BCUT2D eigenvalue weighted by Crippen LogP contribution is 1.93. The average molecular weight is 464 g/mol. The number of rotatable bonds is 0. The highest BCUT2D eigenvalue weighted by Gasteiger charge is 2.18. The smallest absolute Gasteiger partial charge is 0.344 e. The normalized spacial score (nSPS) is 19.5. The van der Waals surface area contributed by atoms with E-state index in [-0.39, 0.29) is 0 Å². The Hall–Kier alpha value is -4.24. The summed E-state index contributed by atoms with van der Waals surface area (Å²) in [7, 11) is 0. The van der Waals surface area contributed by atoms with Gasteiger partial charge in [0.05, 0.1) is 0 Å². The summed E-state index contributed by atoms with van der Waals surface area (Å²) in [6, 6.07) is 0. The van der Waals surface area contributed by atoms with Crippen LogP contribution in [0.15, 0.2) is 0 Å². The molecule has 0 aromatic rings. The van der Waals surface area contributed by atoms with Gasteiger partial charge in [-0.05, 0) is 0 Å². The van der Waals surface area contributed by atoms with Gasteiger partial charge >= 0.3 is 47.8 Å². The molecule has 0 aromatic carbocycles. The van der Waals surface area contributed by atoms with Crippen LogP contribution in [0.1, 0.15) is 0 Å². The van der Waals surface area contributed by atoms with Crippen molar-refractivity contribution in [3.05, 3.63) is 0 Å². The Labute approximate surface area is 177 Å². The van der Waals surface area contributed by atoms with Crippen molar-refractivity contribution in [2.24, 2.45) is 0 Å². The Morgan fingerprint density at radius 3 is 0.438 bits per heavy atom. The van der Waals surface area contributed by atoms with Crippen LogP contribution in [-0.4, -0.2) is 101 Å². The minimum Gasteiger partial charge on any atom is -0.451 e. The van der Waals surface area contributed by atoms with Crippen LogP contribution in [0.25, 0.3) is 0 Å². The van der Waals surface area contributed by atoms with E-state index in [1.54, 1.807) is 0 Å². The first-order valence-electron chi connectivity index (χ1n) is 8.40. The number of carbonyl (C=O) groups excluding carboxylic acids is 8. The third-order valence-corrected chi connectivity index (χ3v) is 2.81. The maximum atomic E-state index is 11.4. The van der Waals surface area contributed by atoms with Crippen LogP contribution in [0.4, 0.5) is 0 Å². The molecule has 1 aliphatic rings. The van der Waals surface area contributed by atoms with Gasteiger partial charge in [0.25, 0.3) is 0 Å². The van der Waals surface area contributed by atoms with Gasteiger partial charge in [0.2, 0.25) is 0 Å². The quantitative estimate of drug-likeness (QED) is 0.250. The summed E-state index contributed by atoms with van der Waals surface area (Å²) in [5.41, 5.74) is 0. The first kappa shape index (κ1) is 25.8. The van der Waals surface area contributed by atoms with Crippen molar-refractivity contribution in [2.75, 3.05) is 52.9 Å². The SMILES string of the molecule is O=C1COC(=O)COC(=O)COC(=O)COC(=O)COC(=O)COC(=O)COC(=O)CO1. The molecular weight excluding hydrogens is 448 g/mol. The van der Waals surface area contributed by atoms with Crippen molar-refractivity contribution in [1.82, 2.24) is 0 Å². The molecule has 0 bridgehead atoms. The molecule has 176 valence electrons. The minimum atomic E-state index is -1.16. The van der Waals surface area contributed by atoms with Crippen LogP contribution in [0.5, 0.6) is 0 Å². The zero-order chi connectivity index (χ0) is 23.9. The van der Waals surface area contributed by atoms with Gasteiger partial charge in [-0.15, -0.1) is 0 Å². The predicted octanol–water partition coefficient (Wildman–Crippen LogP) is -3.65. The molecule has 0 aliphatic carbocycles. The molecule has 0 N–H and O–H groups in total. The maximum Gasteiger partial charge on any atom is 0.344 e. The van der Waals surface area contributed by atoms with Crippen molar-refractivity contribution in [2.45, 2.75) is 0 Å². The molecule has 1 fully saturated rings. The van der Waals surface area contributed by atoms with Crippen molar-refractivity contribution < 1.29 is 76.3 Å². The lowest BCUT2D eigenvalue weighted by atomic mass is 10.6. The highest BCUT2D eigenvalue weighted by molar-refractivity contribution is 5.84. The van der Waals surface area contributed by atoms with Gasteiger partial charge in [-0.25, -0.2) is 38.4 Å². The second-order valence-electron chi connectivity index (χ2n) is 5.29. The lowest BCUT2D eigenvalue weighted by Gasteiger charge is -2.09. The van der Waals surface area contributed by atoms with Gasteiger partial charge in [0.15, 0.2) is 52.9 Å². The fourth-order valence-electron chi connectivity index (χ4n) is 1.45. The van der Waals surface area contributed by atoms with Crippen LogP contribution in [-0.2, 0) is 76.3 Å². The van der Waals surface area contributed by atoms with E-state index in [0.29, 0.717) is 0 Å². The summed E-state index contributed by atoms with van der Waals surface area (Å²) in [6.45, 7) is -7.49. The number of hydrogen-bond acceptors (Lipinski definition) is 16. The van der Waals surface area contributed by atoms with Gasteiger partial charge in [-0.1, -0.05) is 0 Å². The van der Waals surface area contributed by atoms with Gasteiger partial charge < -0.3 is 37.9 Å². The van der Waals surface area contributed by atoms with Crippen LogP contribution >= 0.6 is 0 Å². The molecule has 0 unspecified atom stereocenters. The monoisotopic (exact) mass is 464 g/mol. The Bertz CT molecular complexity index is 528. The summed E-state index contributed by atoms with van der Waals surface area (Å²) in [4.78, 5) is 90.8. The molecular formula is C16H16O16. The highest BCUT2D eigenvalue weighted by atomic mass is 16.6. The molecule has 1 saturated heterocycles. The molecule has 16 nitrogen and oxygen atoms in total. The van der Waals surface area contributed by atoms with Gasteiger partial charge in [0, 0.05) is 0 Å². The number of esters is 8. The van der Waals surface area contributed by atoms with E-state index in [1.165, 1.54) is 0 Å². The maximum absolute atomic E-state index is 11.4. The van der Waals surface area contributed by atoms with E-state index < -0.39 is 101 Å². The Kier molecular flexibility index (Phi) is 11.2. The van der Waals surface area contributed by atoms with E-state index in [9.17, 15) is 38.4 Å². The fourth-order valence-corrected chi connectivity index (χ4v) is 1.45. The minimum absolute atomic E-state index is 0.936. The van der Waals surface area contributed by atoms with Crippen molar-refractivity contribution in [1.29, 1.82) is 0 Å². The van der Waals surface area contributed by atoms with Crippen LogP contribution < -0.4 is 0 Å². The Morgan fingerprint density at radius 1 is 0.250 bits per heavy atom. The van der Waals surface area contributed by atoms with Crippen LogP contribution in [0, 0.1) is 0 Å². The molecule has 0 spiro atoms. The lowest BCUT2D eigenvalue weighted by Crippen LogP contribution is -2.27. The number of ether oxygens (including phenoxy) is 8. The topological polar surface area (TPSA) is 210 Å². The molecule has 0 atom stereocenters. The van der Waals surface area contributed by atoms with Gasteiger partial charge in [-0.3, -0.25) is 0 Å². The molecule has 0 radical (unpaired) electrons. The second kappa shape index (κ2) is 13.9. The molecule has 1 heterocycles. The molecule has 0 aromatic heterocycles. The summed E-state index contributed by atoms with van der Waals surface area (Å²) in [6.07, 6.45) is 0. The standard InChI is InChI=1S/C16H16O16/c17-9-1-25-10(18)2-27-12(20)4-29-14(22)6-31-16(24)8-32-15(23)7-30-13(21)5-28-11(19)3-26-9/h1-8H2. The van der Waals surface area contributed by atoms with E-state index in [2.05, 4.69) is 37.9 Å². The summed E-state index contributed by atoms with van der Waals surface area (Å²) in [5.74, 6) is -9.30. The van der Waals surface area contributed by atoms with Crippen molar-refractivity contribution >= 4 is 47.8 Å². The predicted molar refractivity (Wildman–Crippen MR) is 87.7 cm³/mol. The van der Waals surface area contributed by atoms with Gasteiger partial charge in [-0.2, -0.15) is 0 Å².